The normalized spacial score (nSPS) is 16.9. The topological polar surface area (TPSA) is 76.2 Å². The van der Waals surface area contributed by atoms with Gasteiger partial charge in [-0.25, -0.2) is 0 Å². The van der Waals surface area contributed by atoms with Gasteiger partial charge < -0.3 is 19.2 Å². The van der Waals surface area contributed by atoms with Crippen molar-refractivity contribution in [3.8, 4) is 0 Å². The fraction of sp³-hybridized carbons (Fsp3) is 0.611. The van der Waals surface area contributed by atoms with E-state index in [0.29, 0.717) is 24.9 Å². The minimum Gasteiger partial charge on any atom is -0.467 e. The van der Waals surface area contributed by atoms with Crippen molar-refractivity contribution in [2.75, 3.05) is 20.1 Å². The second-order valence-electron chi connectivity index (χ2n) is 7.10. The van der Waals surface area contributed by atoms with Gasteiger partial charge in [0.25, 0.3) is 0 Å². The molecule has 1 N–H and O–H groups in total. The Labute approximate surface area is 148 Å². The maximum absolute atomic E-state index is 12.2. The first-order chi connectivity index (χ1) is 12.0. The van der Waals surface area contributed by atoms with Gasteiger partial charge in [0.05, 0.1) is 19.4 Å². The molecule has 0 radical (unpaired) electrons. The lowest BCUT2D eigenvalue weighted by Gasteiger charge is -2.25. The number of aryl methyl sites for hydroxylation is 1. The van der Waals surface area contributed by atoms with Gasteiger partial charge in [-0.3, -0.25) is 4.79 Å². The third kappa shape index (κ3) is 4.28. The van der Waals surface area contributed by atoms with Crippen LogP contribution in [0.3, 0.4) is 0 Å². The minimum atomic E-state index is 0.0695. The molecule has 1 amide bonds. The van der Waals surface area contributed by atoms with Gasteiger partial charge in [0.2, 0.25) is 5.91 Å². The Kier molecular flexibility index (Phi) is 5.53. The van der Waals surface area contributed by atoms with Crippen LogP contribution >= 0.6 is 0 Å². The first kappa shape index (κ1) is 17.7. The Balaban J connectivity index is 1.44. The standard InChI is InChI=1S/C18H27N5O2/c1-13(2)18-21-20-16-7-6-14(11-23(16)18)9-19-10-17(24)22(3)12-15-5-4-8-25-15/h4-5,8,13-14,19H,6-7,9-12H2,1-3H3/t14-/m1/s1. The predicted molar refractivity (Wildman–Crippen MR) is 94.0 cm³/mol. The van der Waals surface area contributed by atoms with Crippen LogP contribution < -0.4 is 5.32 Å². The number of carbonyl (C=O) groups excluding carboxylic acids is 1. The van der Waals surface area contributed by atoms with Gasteiger partial charge in [0, 0.05) is 32.5 Å². The van der Waals surface area contributed by atoms with Crippen molar-refractivity contribution in [2.24, 2.45) is 5.92 Å². The molecular formula is C18H27N5O2. The summed E-state index contributed by atoms with van der Waals surface area (Å²) in [5, 5.41) is 11.9. The minimum absolute atomic E-state index is 0.0695. The van der Waals surface area contributed by atoms with Gasteiger partial charge >= 0.3 is 0 Å². The van der Waals surface area contributed by atoms with Crippen LogP contribution in [0.5, 0.6) is 0 Å². The summed E-state index contributed by atoms with van der Waals surface area (Å²) in [7, 11) is 1.80. The van der Waals surface area contributed by atoms with E-state index in [0.717, 1.165) is 43.3 Å². The van der Waals surface area contributed by atoms with Crippen molar-refractivity contribution in [1.29, 1.82) is 0 Å². The van der Waals surface area contributed by atoms with Gasteiger partial charge in [-0.05, 0) is 24.5 Å². The van der Waals surface area contributed by atoms with E-state index in [1.807, 2.05) is 12.1 Å². The number of nitrogens with zero attached hydrogens (tertiary/aromatic N) is 4. The van der Waals surface area contributed by atoms with Crippen LogP contribution in [0.2, 0.25) is 0 Å². The summed E-state index contributed by atoms with van der Waals surface area (Å²) in [5.74, 6) is 3.90. The van der Waals surface area contributed by atoms with Crippen LogP contribution in [0.25, 0.3) is 0 Å². The molecule has 0 spiro atoms. The molecule has 3 rings (SSSR count). The molecule has 0 saturated carbocycles. The highest BCUT2D eigenvalue weighted by atomic mass is 16.3. The molecule has 7 heteroatoms. The maximum atomic E-state index is 12.2. The number of amides is 1. The van der Waals surface area contributed by atoms with E-state index in [-0.39, 0.29) is 5.91 Å². The zero-order valence-corrected chi connectivity index (χ0v) is 15.2. The zero-order chi connectivity index (χ0) is 17.8. The van der Waals surface area contributed by atoms with E-state index >= 15 is 0 Å². The summed E-state index contributed by atoms with van der Waals surface area (Å²) in [6, 6.07) is 3.71. The Morgan fingerprint density at radius 1 is 1.48 bits per heavy atom. The number of hydrogen-bond acceptors (Lipinski definition) is 5. The summed E-state index contributed by atoms with van der Waals surface area (Å²) >= 11 is 0. The third-order valence-electron chi connectivity index (χ3n) is 4.70. The molecule has 3 heterocycles. The Morgan fingerprint density at radius 3 is 3.04 bits per heavy atom. The van der Waals surface area contributed by atoms with Gasteiger partial charge in [-0.15, -0.1) is 10.2 Å². The average molecular weight is 345 g/mol. The molecule has 136 valence electrons. The quantitative estimate of drug-likeness (QED) is 0.828. The lowest BCUT2D eigenvalue weighted by atomic mass is 9.98. The number of carbonyl (C=O) groups is 1. The van der Waals surface area contributed by atoms with Crippen molar-refractivity contribution in [1.82, 2.24) is 25.0 Å². The van der Waals surface area contributed by atoms with Crippen molar-refractivity contribution < 1.29 is 9.21 Å². The summed E-state index contributed by atoms with van der Waals surface area (Å²) in [6.07, 6.45) is 3.66. The first-order valence-corrected chi connectivity index (χ1v) is 8.93. The van der Waals surface area contributed by atoms with Crippen LogP contribution in [0.15, 0.2) is 22.8 Å². The second-order valence-corrected chi connectivity index (χ2v) is 7.10. The molecule has 2 aromatic rings. The van der Waals surface area contributed by atoms with Crippen LogP contribution in [-0.2, 0) is 24.3 Å². The molecule has 0 saturated heterocycles. The fourth-order valence-corrected chi connectivity index (χ4v) is 3.25. The third-order valence-corrected chi connectivity index (χ3v) is 4.70. The highest BCUT2D eigenvalue weighted by Gasteiger charge is 2.24. The SMILES string of the molecule is CC(C)c1nnc2n1C[C@@H](CNCC(=O)N(C)Cc1ccco1)CC2. The lowest BCUT2D eigenvalue weighted by molar-refractivity contribution is -0.129. The number of aromatic nitrogens is 3. The van der Waals surface area contributed by atoms with E-state index < -0.39 is 0 Å². The van der Waals surface area contributed by atoms with E-state index in [1.165, 1.54) is 0 Å². The monoisotopic (exact) mass is 345 g/mol. The predicted octanol–water partition coefficient (Wildman–Crippen LogP) is 1.81. The molecule has 2 aromatic heterocycles. The number of hydrogen-bond donors (Lipinski definition) is 1. The molecule has 25 heavy (non-hydrogen) atoms. The molecule has 1 aliphatic rings. The van der Waals surface area contributed by atoms with E-state index in [1.54, 1.807) is 18.2 Å². The Bertz CT molecular complexity index is 692. The summed E-state index contributed by atoms with van der Waals surface area (Å²) < 4.78 is 7.54. The molecule has 0 aromatic carbocycles. The Hall–Kier alpha value is -2.15. The molecule has 7 nitrogen and oxygen atoms in total. The van der Waals surface area contributed by atoms with Crippen molar-refractivity contribution >= 4 is 5.91 Å². The van der Waals surface area contributed by atoms with E-state index in [4.69, 9.17) is 4.42 Å². The van der Waals surface area contributed by atoms with Gasteiger partial charge in [-0.2, -0.15) is 0 Å². The second kappa shape index (κ2) is 7.82. The smallest absolute Gasteiger partial charge is 0.236 e. The molecule has 0 aliphatic carbocycles. The molecule has 0 bridgehead atoms. The van der Waals surface area contributed by atoms with Crippen molar-refractivity contribution in [3.05, 3.63) is 35.8 Å². The molecule has 1 aliphatic heterocycles. The van der Waals surface area contributed by atoms with Crippen LogP contribution in [0.4, 0.5) is 0 Å². The molecule has 0 fully saturated rings. The highest BCUT2D eigenvalue weighted by Crippen LogP contribution is 2.23. The number of fused-ring (bicyclic) bond motifs is 1. The van der Waals surface area contributed by atoms with Crippen LogP contribution in [-0.4, -0.2) is 45.7 Å². The zero-order valence-electron chi connectivity index (χ0n) is 15.2. The lowest BCUT2D eigenvalue weighted by Crippen LogP contribution is -2.38. The number of rotatable bonds is 7. The van der Waals surface area contributed by atoms with Gasteiger partial charge in [0.15, 0.2) is 0 Å². The number of likely N-dealkylation sites (N-methyl/N-ethyl adjacent to an activating group) is 1. The molecule has 0 unspecified atom stereocenters. The molecule has 1 atom stereocenters. The van der Waals surface area contributed by atoms with Crippen molar-refractivity contribution in [3.63, 3.8) is 0 Å². The van der Waals surface area contributed by atoms with Crippen molar-refractivity contribution in [2.45, 2.75) is 45.7 Å². The highest BCUT2D eigenvalue weighted by molar-refractivity contribution is 5.77. The Morgan fingerprint density at radius 2 is 2.32 bits per heavy atom. The number of nitrogens with one attached hydrogen (secondary N) is 1. The summed E-state index contributed by atoms with van der Waals surface area (Å²) in [4.78, 5) is 13.9. The average Bonchev–Trinajstić information content (AvgIpc) is 3.23. The van der Waals surface area contributed by atoms with Gasteiger partial charge in [0.1, 0.15) is 17.4 Å². The molecular weight excluding hydrogens is 318 g/mol. The van der Waals surface area contributed by atoms with Crippen LogP contribution in [0, 0.1) is 5.92 Å². The first-order valence-electron chi connectivity index (χ1n) is 8.93. The largest absolute Gasteiger partial charge is 0.467 e. The van der Waals surface area contributed by atoms with E-state index in [2.05, 4.69) is 33.9 Å². The maximum Gasteiger partial charge on any atom is 0.236 e. The van der Waals surface area contributed by atoms with Gasteiger partial charge in [-0.1, -0.05) is 13.8 Å². The summed E-state index contributed by atoms with van der Waals surface area (Å²) in [6.45, 7) is 6.90. The summed E-state index contributed by atoms with van der Waals surface area (Å²) in [5.41, 5.74) is 0. The fourth-order valence-electron chi connectivity index (χ4n) is 3.25. The van der Waals surface area contributed by atoms with Crippen LogP contribution in [0.1, 0.15) is 43.6 Å². The number of furan rings is 1. The van der Waals surface area contributed by atoms with E-state index in [9.17, 15) is 4.79 Å².